The Morgan fingerprint density at radius 1 is 1.45 bits per heavy atom. The fourth-order valence-electron chi connectivity index (χ4n) is 2.62. The molecule has 1 aromatic carbocycles. The Bertz CT molecular complexity index is 632. The van der Waals surface area contributed by atoms with Gasteiger partial charge in [-0.2, -0.15) is 0 Å². The van der Waals surface area contributed by atoms with Crippen LogP contribution < -0.4 is 0 Å². The van der Waals surface area contributed by atoms with Gasteiger partial charge in [-0.3, -0.25) is 9.69 Å². The minimum atomic E-state index is -0.778. The highest BCUT2D eigenvalue weighted by atomic mass is 35.5. The van der Waals surface area contributed by atoms with Crippen molar-refractivity contribution in [2.24, 2.45) is 0 Å². The molecule has 0 amide bonds. The molecule has 3 rings (SSSR count). The van der Waals surface area contributed by atoms with E-state index in [4.69, 9.17) is 21.1 Å². The number of carboxylic acid groups (broad SMARTS) is 1. The first-order valence-corrected chi connectivity index (χ1v) is 7.00. The minimum absolute atomic E-state index is 0.107. The predicted octanol–water partition coefficient (Wildman–Crippen LogP) is 2.75. The van der Waals surface area contributed by atoms with Gasteiger partial charge >= 0.3 is 5.97 Å². The molecule has 6 heteroatoms. The minimum Gasteiger partial charge on any atom is -0.480 e. The third kappa shape index (κ3) is 2.78. The monoisotopic (exact) mass is 294 g/mol. The van der Waals surface area contributed by atoms with Gasteiger partial charge in [0.1, 0.15) is 5.52 Å². The zero-order valence-corrected chi connectivity index (χ0v) is 11.6. The first-order valence-electron chi connectivity index (χ1n) is 6.62. The van der Waals surface area contributed by atoms with Gasteiger partial charge in [0, 0.05) is 10.9 Å². The zero-order valence-electron chi connectivity index (χ0n) is 10.9. The normalized spacial score (nSPS) is 17.6. The molecule has 106 valence electrons. The van der Waals surface area contributed by atoms with Crippen LogP contribution in [0.2, 0.25) is 5.02 Å². The Hall–Kier alpha value is -1.59. The number of oxazole rings is 1. The molecule has 1 fully saturated rings. The lowest BCUT2D eigenvalue weighted by molar-refractivity contribution is -0.138. The lowest BCUT2D eigenvalue weighted by Crippen LogP contribution is -2.36. The van der Waals surface area contributed by atoms with Crippen molar-refractivity contribution in [3.8, 4) is 0 Å². The molecule has 1 aliphatic heterocycles. The molecule has 2 aromatic rings. The molecule has 1 aliphatic rings. The summed E-state index contributed by atoms with van der Waals surface area (Å²) in [7, 11) is 0. The van der Waals surface area contributed by atoms with E-state index in [1.165, 1.54) is 0 Å². The molecule has 0 radical (unpaired) electrons. The average molecular weight is 295 g/mol. The van der Waals surface area contributed by atoms with Crippen molar-refractivity contribution < 1.29 is 14.3 Å². The highest BCUT2D eigenvalue weighted by molar-refractivity contribution is 6.31. The largest absolute Gasteiger partial charge is 0.480 e. The second-order valence-electron chi connectivity index (χ2n) is 5.11. The standard InChI is InChI=1S/C14H15ClN2O3/c15-10-1-2-12-11(7-10)16-14(20-12)9-3-5-17(6-4-9)8-13(18)19/h1-2,7,9H,3-6,8H2,(H,18,19). The van der Waals surface area contributed by atoms with Gasteiger partial charge in [-0.15, -0.1) is 0 Å². The van der Waals surface area contributed by atoms with E-state index in [0.29, 0.717) is 5.02 Å². The maximum absolute atomic E-state index is 10.7. The molecule has 0 bridgehead atoms. The topological polar surface area (TPSA) is 66.6 Å². The Kier molecular flexibility index (Phi) is 3.63. The number of aromatic nitrogens is 1. The number of benzene rings is 1. The number of hydrogen-bond acceptors (Lipinski definition) is 4. The van der Waals surface area contributed by atoms with Gasteiger partial charge in [-0.05, 0) is 44.1 Å². The summed E-state index contributed by atoms with van der Waals surface area (Å²) in [6.45, 7) is 1.63. The molecule has 0 saturated carbocycles. The summed E-state index contributed by atoms with van der Waals surface area (Å²) in [4.78, 5) is 17.1. The first kappa shape index (κ1) is 13.4. The van der Waals surface area contributed by atoms with E-state index in [9.17, 15) is 4.79 Å². The fraction of sp³-hybridized carbons (Fsp3) is 0.429. The second-order valence-corrected chi connectivity index (χ2v) is 5.54. The SMILES string of the molecule is O=C(O)CN1CCC(c2nc3cc(Cl)ccc3o2)CC1. The van der Waals surface area contributed by atoms with Crippen LogP contribution in [0, 0.1) is 0 Å². The van der Waals surface area contributed by atoms with Crippen LogP contribution in [-0.4, -0.2) is 40.6 Å². The van der Waals surface area contributed by atoms with Crippen molar-refractivity contribution in [3.63, 3.8) is 0 Å². The summed E-state index contributed by atoms with van der Waals surface area (Å²) in [5.41, 5.74) is 1.53. The number of carbonyl (C=O) groups is 1. The van der Waals surface area contributed by atoms with Crippen molar-refractivity contribution in [1.82, 2.24) is 9.88 Å². The molecule has 5 nitrogen and oxygen atoms in total. The summed E-state index contributed by atoms with van der Waals surface area (Å²) in [6.07, 6.45) is 1.74. The number of fused-ring (bicyclic) bond motifs is 1. The van der Waals surface area contributed by atoms with Crippen LogP contribution in [0.3, 0.4) is 0 Å². The van der Waals surface area contributed by atoms with Crippen LogP contribution in [0.15, 0.2) is 22.6 Å². The quantitative estimate of drug-likeness (QED) is 0.943. The van der Waals surface area contributed by atoms with Crippen LogP contribution in [0.25, 0.3) is 11.1 Å². The number of halogens is 1. The number of carboxylic acids is 1. The van der Waals surface area contributed by atoms with Gasteiger partial charge in [0.15, 0.2) is 11.5 Å². The van der Waals surface area contributed by atoms with E-state index in [1.807, 2.05) is 11.0 Å². The highest BCUT2D eigenvalue weighted by Gasteiger charge is 2.25. The van der Waals surface area contributed by atoms with Gasteiger partial charge in [0.25, 0.3) is 0 Å². The molecule has 2 heterocycles. The smallest absolute Gasteiger partial charge is 0.317 e. The number of likely N-dealkylation sites (tertiary alicyclic amines) is 1. The second kappa shape index (κ2) is 5.42. The molecule has 0 spiro atoms. The molecule has 0 aliphatic carbocycles. The summed E-state index contributed by atoms with van der Waals surface area (Å²) < 4.78 is 5.77. The van der Waals surface area contributed by atoms with E-state index in [1.54, 1.807) is 12.1 Å². The highest BCUT2D eigenvalue weighted by Crippen LogP contribution is 2.30. The summed E-state index contributed by atoms with van der Waals surface area (Å²) in [6, 6.07) is 5.41. The van der Waals surface area contributed by atoms with Crippen LogP contribution >= 0.6 is 11.6 Å². The van der Waals surface area contributed by atoms with E-state index >= 15 is 0 Å². The summed E-state index contributed by atoms with van der Waals surface area (Å²) >= 11 is 5.94. The predicted molar refractivity (Wildman–Crippen MR) is 75.1 cm³/mol. The Morgan fingerprint density at radius 2 is 2.20 bits per heavy atom. The summed E-state index contributed by atoms with van der Waals surface area (Å²) in [5, 5.41) is 9.43. The van der Waals surface area contributed by atoms with Crippen molar-refractivity contribution in [2.75, 3.05) is 19.6 Å². The number of rotatable bonds is 3. The van der Waals surface area contributed by atoms with E-state index in [0.717, 1.165) is 42.9 Å². The molecule has 1 N–H and O–H groups in total. The van der Waals surface area contributed by atoms with Gasteiger partial charge in [-0.25, -0.2) is 4.98 Å². The Balaban J connectivity index is 1.71. The van der Waals surface area contributed by atoms with E-state index < -0.39 is 5.97 Å². The lowest BCUT2D eigenvalue weighted by Gasteiger charge is -2.28. The van der Waals surface area contributed by atoms with E-state index in [-0.39, 0.29) is 12.5 Å². The number of piperidine rings is 1. The van der Waals surface area contributed by atoms with Crippen LogP contribution in [0.5, 0.6) is 0 Å². The maximum atomic E-state index is 10.7. The van der Waals surface area contributed by atoms with Crippen LogP contribution in [0.4, 0.5) is 0 Å². The van der Waals surface area contributed by atoms with Crippen molar-refractivity contribution >= 4 is 28.7 Å². The van der Waals surface area contributed by atoms with Crippen molar-refractivity contribution in [1.29, 1.82) is 0 Å². The Labute approximate surface area is 121 Å². The van der Waals surface area contributed by atoms with E-state index in [2.05, 4.69) is 4.98 Å². The molecule has 0 unspecified atom stereocenters. The Morgan fingerprint density at radius 3 is 2.90 bits per heavy atom. The van der Waals surface area contributed by atoms with Gasteiger partial charge in [0.05, 0.1) is 6.54 Å². The number of hydrogen-bond donors (Lipinski definition) is 1. The third-order valence-electron chi connectivity index (χ3n) is 3.66. The van der Waals surface area contributed by atoms with Gasteiger partial charge in [0.2, 0.25) is 0 Å². The number of aliphatic carboxylic acids is 1. The van der Waals surface area contributed by atoms with Gasteiger partial charge in [-0.1, -0.05) is 11.6 Å². The molecule has 20 heavy (non-hydrogen) atoms. The molecular formula is C14H15ClN2O3. The van der Waals surface area contributed by atoms with Crippen LogP contribution in [0.1, 0.15) is 24.7 Å². The molecular weight excluding hydrogens is 280 g/mol. The van der Waals surface area contributed by atoms with Gasteiger partial charge < -0.3 is 9.52 Å². The fourth-order valence-corrected chi connectivity index (χ4v) is 2.79. The summed E-state index contributed by atoms with van der Waals surface area (Å²) in [5.74, 6) is 0.211. The van der Waals surface area contributed by atoms with Crippen molar-refractivity contribution in [3.05, 3.63) is 29.1 Å². The zero-order chi connectivity index (χ0) is 14.1. The molecule has 0 atom stereocenters. The van der Waals surface area contributed by atoms with Crippen LogP contribution in [-0.2, 0) is 4.79 Å². The number of nitrogens with zero attached hydrogens (tertiary/aromatic N) is 2. The first-order chi connectivity index (χ1) is 9.61. The lowest BCUT2D eigenvalue weighted by atomic mass is 9.97. The maximum Gasteiger partial charge on any atom is 0.317 e. The molecule has 1 aromatic heterocycles. The molecule has 1 saturated heterocycles. The third-order valence-corrected chi connectivity index (χ3v) is 3.90. The average Bonchev–Trinajstić information content (AvgIpc) is 2.81. The van der Waals surface area contributed by atoms with Crippen molar-refractivity contribution in [2.45, 2.75) is 18.8 Å².